The van der Waals surface area contributed by atoms with E-state index in [-0.39, 0.29) is 11.9 Å². The largest absolute Gasteiger partial charge is 0.469 e. The highest BCUT2D eigenvalue weighted by atomic mass is 16.5. The molecule has 1 aliphatic rings. The van der Waals surface area contributed by atoms with Gasteiger partial charge in [0.25, 0.3) is 0 Å². The van der Waals surface area contributed by atoms with Crippen molar-refractivity contribution in [1.29, 1.82) is 0 Å². The molecule has 0 aromatic heterocycles. The molecular formula is C16H23NO4. The molecular weight excluding hydrogens is 270 g/mol. The molecule has 0 aliphatic carbocycles. The van der Waals surface area contributed by atoms with Gasteiger partial charge in [-0.25, -0.2) is 0 Å². The Morgan fingerprint density at radius 1 is 1.43 bits per heavy atom. The predicted molar refractivity (Wildman–Crippen MR) is 78.7 cm³/mol. The molecule has 2 atom stereocenters. The zero-order valence-corrected chi connectivity index (χ0v) is 12.4. The minimum atomic E-state index is -0.537. The third-order valence-corrected chi connectivity index (χ3v) is 3.70. The zero-order valence-electron chi connectivity index (χ0n) is 12.4. The molecule has 1 aliphatic heterocycles. The van der Waals surface area contributed by atoms with Crippen LogP contribution < -0.4 is 0 Å². The van der Waals surface area contributed by atoms with E-state index in [4.69, 9.17) is 9.47 Å². The summed E-state index contributed by atoms with van der Waals surface area (Å²) in [6, 6.07) is 9.88. The highest BCUT2D eigenvalue weighted by Gasteiger charge is 2.29. The maximum absolute atomic E-state index is 11.4. The molecule has 1 aromatic carbocycles. The molecule has 1 fully saturated rings. The summed E-state index contributed by atoms with van der Waals surface area (Å²) in [4.78, 5) is 13.5. The van der Waals surface area contributed by atoms with Gasteiger partial charge in [0, 0.05) is 13.1 Å². The standard InChI is InChI=1S/C16H23NO4/c1-20-16(19)14-7-8-17(9-14)10-15(18)12-21-11-13-5-3-2-4-6-13/h2-6,14-15,18H,7-12H2,1H3. The van der Waals surface area contributed by atoms with Crippen LogP contribution in [-0.2, 0) is 20.9 Å². The second kappa shape index (κ2) is 8.12. The Kier molecular flexibility index (Phi) is 6.17. The zero-order chi connectivity index (χ0) is 15.1. The van der Waals surface area contributed by atoms with Crippen LogP contribution in [0.3, 0.4) is 0 Å². The SMILES string of the molecule is COC(=O)C1CCN(CC(O)COCc2ccccc2)C1. The number of aliphatic hydroxyl groups excluding tert-OH is 1. The van der Waals surface area contributed by atoms with Crippen LogP contribution in [0.15, 0.2) is 30.3 Å². The maximum Gasteiger partial charge on any atom is 0.310 e. The molecule has 0 radical (unpaired) electrons. The first kappa shape index (κ1) is 15.9. The molecule has 1 N–H and O–H groups in total. The second-order valence-electron chi connectivity index (χ2n) is 5.42. The summed E-state index contributed by atoms with van der Waals surface area (Å²) in [7, 11) is 1.41. The van der Waals surface area contributed by atoms with E-state index in [0.717, 1.165) is 18.5 Å². The minimum Gasteiger partial charge on any atom is -0.469 e. The van der Waals surface area contributed by atoms with Crippen molar-refractivity contribution >= 4 is 5.97 Å². The number of benzene rings is 1. The van der Waals surface area contributed by atoms with Gasteiger partial charge in [-0.3, -0.25) is 9.69 Å². The summed E-state index contributed by atoms with van der Waals surface area (Å²) >= 11 is 0. The van der Waals surface area contributed by atoms with E-state index in [1.54, 1.807) is 0 Å². The lowest BCUT2D eigenvalue weighted by molar-refractivity contribution is -0.145. The summed E-state index contributed by atoms with van der Waals surface area (Å²) in [5.41, 5.74) is 1.09. The average Bonchev–Trinajstić information content (AvgIpc) is 2.96. The fraction of sp³-hybridized carbons (Fsp3) is 0.562. The molecule has 1 saturated heterocycles. The van der Waals surface area contributed by atoms with E-state index in [1.807, 2.05) is 30.3 Å². The van der Waals surface area contributed by atoms with Gasteiger partial charge in [0.1, 0.15) is 0 Å². The highest BCUT2D eigenvalue weighted by molar-refractivity contribution is 5.72. The Morgan fingerprint density at radius 2 is 2.19 bits per heavy atom. The number of rotatable bonds is 7. The number of hydrogen-bond acceptors (Lipinski definition) is 5. The average molecular weight is 293 g/mol. The van der Waals surface area contributed by atoms with Crippen molar-refractivity contribution in [3.63, 3.8) is 0 Å². The summed E-state index contributed by atoms with van der Waals surface area (Å²) in [6.07, 6.45) is 0.259. The van der Waals surface area contributed by atoms with Crippen molar-refractivity contribution in [3.8, 4) is 0 Å². The number of esters is 1. The number of methoxy groups -OCH3 is 1. The van der Waals surface area contributed by atoms with Gasteiger partial charge in [-0.15, -0.1) is 0 Å². The monoisotopic (exact) mass is 293 g/mol. The number of hydrogen-bond donors (Lipinski definition) is 1. The van der Waals surface area contributed by atoms with Crippen LogP contribution in [0.5, 0.6) is 0 Å². The van der Waals surface area contributed by atoms with Gasteiger partial charge in [0.2, 0.25) is 0 Å². The molecule has 5 heteroatoms. The quantitative estimate of drug-likeness (QED) is 0.762. The summed E-state index contributed by atoms with van der Waals surface area (Å²) < 4.78 is 10.3. The van der Waals surface area contributed by atoms with E-state index < -0.39 is 6.10 Å². The lowest BCUT2D eigenvalue weighted by Gasteiger charge is -2.19. The molecule has 0 amide bonds. The van der Waals surface area contributed by atoms with Crippen LogP contribution in [-0.4, -0.2) is 55.4 Å². The normalized spacial score (nSPS) is 20.4. The van der Waals surface area contributed by atoms with Crippen LogP contribution in [0.2, 0.25) is 0 Å². The van der Waals surface area contributed by atoms with Gasteiger partial charge in [0.15, 0.2) is 0 Å². The van der Waals surface area contributed by atoms with Crippen molar-refractivity contribution in [2.45, 2.75) is 19.1 Å². The van der Waals surface area contributed by atoms with Crippen molar-refractivity contribution in [2.24, 2.45) is 5.92 Å². The highest BCUT2D eigenvalue weighted by Crippen LogP contribution is 2.17. The molecule has 1 aromatic rings. The smallest absolute Gasteiger partial charge is 0.310 e. The van der Waals surface area contributed by atoms with Crippen LogP contribution in [0.4, 0.5) is 0 Å². The Morgan fingerprint density at radius 3 is 2.90 bits per heavy atom. The van der Waals surface area contributed by atoms with Gasteiger partial charge in [-0.1, -0.05) is 30.3 Å². The van der Waals surface area contributed by atoms with Crippen molar-refractivity contribution < 1.29 is 19.4 Å². The van der Waals surface area contributed by atoms with E-state index in [0.29, 0.717) is 26.3 Å². The van der Waals surface area contributed by atoms with Crippen LogP contribution >= 0.6 is 0 Å². The molecule has 2 rings (SSSR count). The number of nitrogens with zero attached hydrogens (tertiary/aromatic N) is 1. The van der Waals surface area contributed by atoms with Crippen molar-refractivity contribution in [2.75, 3.05) is 33.4 Å². The first-order valence-electron chi connectivity index (χ1n) is 7.29. The van der Waals surface area contributed by atoms with E-state index in [2.05, 4.69) is 4.90 Å². The number of aliphatic hydroxyl groups is 1. The fourth-order valence-electron chi connectivity index (χ4n) is 2.60. The Labute approximate surface area is 125 Å². The first-order chi connectivity index (χ1) is 10.2. The molecule has 1 heterocycles. The minimum absolute atomic E-state index is 0.0626. The Bertz CT molecular complexity index is 437. The maximum atomic E-state index is 11.4. The second-order valence-corrected chi connectivity index (χ2v) is 5.42. The lowest BCUT2D eigenvalue weighted by atomic mass is 10.1. The summed E-state index contributed by atoms with van der Waals surface area (Å²) in [5.74, 6) is -0.222. The van der Waals surface area contributed by atoms with E-state index >= 15 is 0 Å². The third kappa shape index (κ3) is 5.12. The van der Waals surface area contributed by atoms with E-state index in [9.17, 15) is 9.90 Å². The summed E-state index contributed by atoms with van der Waals surface area (Å²) in [5, 5.41) is 9.99. The Balaban J connectivity index is 1.64. The molecule has 0 saturated carbocycles. The molecule has 116 valence electrons. The molecule has 21 heavy (non-hydrogen) atoms. The van der Waals surface area contributed by atoms with Gasteiger partial charge < -0.3 is 14.6 Å². The number of carbonyl (C=O) groups excluding carboxylic acids is 1. The number of carbonyl (C=O) groups is 1. The summed E-state index contributed by atoms with van der Waals surface area (Å²) in [6.45, 7) is 2.80. The number of likely N-dealkylation sites (tertiary alicyclic amines) is 1. The molecule has 0 spiro atoms. The van der Waals surface area contributed by atoms with Crippen molar-refractivity contribution in [1.82, 2.24) is 4.90 Å². The van der Waals surface area contributed by atoms with Crippen LogP contribution in [0.25, 0.3) is 0 Å². The number of β-amino-alcohol motifs (C(OH)–C–C–N with tert-alkyl or cyclic N) is 1. The van der Waals surface area contributed by atoms with Crippen LogP contribution in [0.1, 0.15) is 12.0 Å². The Hall–Kier alpha value is -1.43. The predicted octanol–water partition coefficient (Wildman–Crippen LogP) is 1.06. The molecule has 5 nitrogen and oxygen atoms in total. The molecule has 0 bridgehead atoms. The van der Waals surface area contributed by atoms with Gasteiger partial charge in [-0.2, -0.15) is 0 Å². The van der Waals surface area contributed by atoms with Gasteiger partial charge >= 0.3 is 5.97 Å². The number of ether oxygens (including phenoxy) is 2. The van der Waals surface area contributed by atoms with Gasteiger partial charge in [0.05, 0.1) is 32.3 Å². The first-order valence-corrected chi connectivity index (χ1v) is 7.29. The van der Waals surface area contributed by atoms with Crippen molar-refractivity contribution in [3.05, 3.63) is 35.9 Å². The van der Waals surface area contributed by atoms with Gasteiger partial charge in [-0.05, 0) is 18.5 Å². The third-order valence-electron chi connectivity index (χ3n) is 3.70. The lowest BCUT2D eigenvalue weighted by Crippen LogP contribution is -2.34. The van der Waals surface area contributed by atoms with Crippen LogP contribution in [0, 0.1) is 5.92 Å². The topological polar surface area (TPSA) is 59.0 Å². The fourth-order valence-corrected chi connectivity index (χ4v) is 2.60. The van der Waals surface area contributed by atoms with E-state index in [1.165, 1.54) is 7.11 Å². The molecule has 2 unspecified atom stereocenters.